The van der Waals surface area contributed by atoms with E-state index in [1.165, 1.54) is 398 Å². The van der Waals surface area contributed by atoms with Gasteiger partial charge in [0.05, 0.1) is 25.4 Å². The lowest BCUT2D eigenvalue weighted by Crippen LogP contribution is -2.45. The van der Waals surface area contributed by atoms with E-state index < -0.39 is 12.1 Å². The molecule has 6 heteroatoms. The summed E-state index contributed by atoms with van der Waals surface area (Å²) in [4.78, 5) is 24.7. The molecule has 0 aromatic carbocycles. The van der Waals surface area contributed by atoms with Gasteiger partial charge in [-0.15, -0.1) is 0 Å². The van der Waals surface area contributed by atoms with Gasteiger partial charge in [-0.25, -0.2) is 0 Å². The zero-order chi connectivity index (χ0) is 65.6. The molecule has 0 aliphatic rings. The first kappa shape index (κ1) is 89.3. The Morgan fingerprint density at radius 2 is 0.549 bits per heavy atom. The molecule has 0 saturated heterocycles. The Bertz CT molecular complexity index is 1430. The van der Waals surface area contributed by atoms with Gasteiger partial charge in [0, 0.05) is 12.8 Å². The van der Waals surface area contributed by atoms with Crippen LogP contribution in [0.3, 0.4) is 0 Å². The fourth-order valence-corrected chi connectivity index (χ4v) is 13.6. The Morgan fingerprint density at radius 1 is 0.308 bits per heavy atom. The molecule has 2 atom stereocenters. The molecule has 1 amide bonds. The summed E-state index contributed by atoms with van der Waals surface area (Å²) in [5.41, 5.74) is 0. The number of ether oxygens (including phenoxy) is 1. The van der Waals surface area contributed by atoms with Gasteiger partial charge in [-0.1, -0.05) is 436 Å². The van der Waals surface area contributed by atoms with Crippen molar-refractivity contribution in [3.63, 3.8) is 0 Å². The van der Waals surface area contributed by atoms with Crippen LogP contribution in [0, 0.1) is 0 Å². The lowest BCUT2D eigenvalue weighted by molar-refractivity contribution is -0.143. The highest BCUT2D eigenvalue weighted by atomic mass is 16.5. The average molecular weight is 1280 g/mol. The van der Waals surface area contributed by atoms with Crippen molar-refractivity contribution in [2.75, 3.05) is 13.2 Å². The molecule has 3 N–H and O–H groups in total. The summed E-state index contributed by atoms with van der Waals surface area (Å²) < 4.78 is 5.51. The van der Waals surface area contributed by atoms with Crippen molar-refractivity contribution in [2.45, 2.75) is 495 Å². The molecule has 0 spiro atoms. The van der Waals surface area contributed by atoms with Gasteiger partial charge in [0.2, 0.25) is 5.91 Å². The first-order valence-corrected chi connectivity index (χ1v) is 42.1. The van der Waals surface area contributed by atoms with E-state index in [1.54, 1.807) is 0 Å². The largest absolute Gasteiger partial charge is 0.466 e. The van der Waals surface area contributed by atoms with Crippen molar-refractivity contribution in [1.82, 2.24) is 5.32 Å². The number of aliphatic hydroxyl groups excluding tert-OH is 2. The SMILES string of the molecule is CCCCC/C=C\C/C=C\CCCCCCCCCC(=O)OCCCCCCCCCCCCCCCCCCCCCCCCCCCCCCCCCCCCCC(=O)NC(CO)C(O)CCCCCCCCCCCCCCCCCCCCCCCC. The van der Waals surface area contributed by atoms with Crippen LogP contribution in [0.2, 0.25) is 0 Å². The van der Waals surface area contributed by atoms with Crippen molar-refractivity contribution in [3.8, 4) is 0 Å². The lowest BCUT2D eigenvalue weighted by Gasteiger charge is -2.22. The van der Waals surface area contributed by atoms with Gasteiger partial charge in [0.25, 0.3) is 0 Å². The molecule has 0 aliphatic heterocycles. The van der Waals surface area contributed by atoms with Crippen LogP contribution < -0.4 is 5.32 Å². The van der Waals surface area contributed by atoms with E-state index in [0.29, 0.717) is 25.9 Å². The molecule has 0 fully saturated rings. The van der Waals surface area contributed by atoms with Gasteiger partial charge in [-0.2, -0.15) is 0 Å². The minimum absolute atomic E-state index is 0.0159. The van der Waals surface area contributed by atoms with Crippen LogP contribution >= 0.6 is 0 Å². The lowest BCUT2D eigenvalue weighted by atomic mass is 10.0. The topological polar surface area (TPSA) is 95.9 Å². The third kappa shape index (κ3) is 77.2. The number of hydrogen-bond donors (Lipinski definition) is 3. The number of nitrogens with one attached hydrogen (secondary N) is 1. The van der Waals surface area contributed by atoms with Crippen LogP contribution in [-0.2, 0) is 14.3 Å². The molecule has 0 bridgehead atoms. The Labute approximate surface area is 571 Å². The summed E-state index contributed by atoms with van der Waals surface area (Å²) in [5.74, 6) is -0.00787. The maximum Gasteiger partial charge on any atom is 0.305 e. The van der Waals surface area contributed by atoms with E-state index in [2.05, 4.69) is 43.5 Å². The Kier molecular flexibility index (Phi) is 79.3. The van der Waals surface area contributed by atoms with Crippen molar-refractivity contribution in [3.05, 3.63) is 24.3 Å². The molecule has 0 saturated carbocycles. The number of esters is 1. The second kappa shape index (κ2) is 80.8. The van der Waals surface area contributed by atoms with Crippen LogP contribution in [0.25, 0.3) is 0 Å². The zero-order valence-corrected chi connectivity index (χ0v) is 62.1. The van der Waals surface area contributed by atoms with Crippen LogP contribution in [-0.4, -0.2) is 47.4 Å². The van der Waals surface area contributed by atoms with E-state index >= 15 is 0 Å². The second-order valence-electron chi connectivity index (χ2n) is 29.2. The number of carbonyl (C=O) groups excluding carboxylic acids is 2. The maximum atomic E-state index is 12.6. The highest BCUT2D eigenvalue weighted by Gasteiger charge is 2.20. The molecule has 0 aromatic heterocycles. The van der Waals surface area contributed by atoms with E-state index in [4.69, 9.17) is 4.74 Å². The smallest absolute Gasteiger partial charge is 0.305 e. The van der Waals surface area contributed by atoms with Crippen molar-refractivity contribution in [1.29, 1.82) is 0 Å². The highest BCUT2D eigenvalue weighted by Crippen LogP contribution is 2.21. The number of hydrogen-bond acceptors (Lipinski definition) is 5. The fraction of sp³-hybridized carbons (Fsp3) is 0.929. The molecule has 0 aromatic rings. The molecule has 0 radical (unpaired) electrons. The number of unbranched alkanes of at least 4 members (excludes halogenated alkanes) is 65. The van der Waals surface area contributed by atoms with Gasteiger partial charge in [0.1, 0.15) is 0 Å². The molecule has 0 heterocycles. The van der Waals surface area contributed by atoms with Gasteiger partial charge < -0.3 is 20.3 Å². The summed E-state index contributed by atoms with van der Waals surface area (Å²) in [5, 5.41) is 23.5. The van der Waals surface area contributed by atoms with Crippen molar-refractivity contribution < 1.29 is 24.5 Å². The predicted molar refractivity (Wildman–Crippen MR) is 403 cm³/mol. The van der Waals surface area contributed by atoms with Crippen LogP contribution in [0.15, 0.2) is 24.3 Å². The van der Waals surface area contributed by atoms with E-state index in [9.17, 15) is 19.8 Å². The molecule has 91 heavy (non-hydrogen) atoms. The number of aliphatic hydroxyl groups is 2. The third-order valence-corrected chi connectivity index (χ3v) is 20.0. The monoisotopic (exact) mass is 1280 g/mol. The molecular formula is C85H165NO5. The van der Waals surface area contributed by atoms with Gasteiger partial charge >= 0.3 is 5.97 Å². The Balaban J connectivity index is 3.31. The summed E-state index contributed by atoms with van der Waals surface area (Å²) >= 11 is 0. The highest BCUT2D eigenvalue weighted by molar-refractivity contribution is 5.76. The van der Waals surface area contributed by atoms with E-state index in [1.807, 2.05) is 0 Å². The van der Waals surface area contributed by atoms with E-state index in [0.717, 1.165) is 51.4 Å². The fourth-order valence-electron chi connectivity index (χ4n) is 13.6. The number of carbonyl (C=O) groups is 2. The maximum absolute atomic E-state index is 12.6. The van der Waals surface area contributed by atoms with E-state index in [-0.39, 0.29) is 18.5 Å². The standard InChI is InChI=1S/C85H165NO5/c1-3-5-7-9-11-13-15-17-19-21-22-23-39-42-46-49-53-57-61-65-69-73-77-83(88)82(81-87)86-84(89)78-74-70-66-62-58-54-50-47-43-40-37-35-33-31-29-27-25-24-26-28-30-32-34-36-38-41-44-48-52-56-60-64-68-72-76-80-91-85(90)79-75-71-67-63-59-55-51-45-20-18-16-14-12-10-8-6-4-2/h12,14,18,20,82-83,87-88H,3-11,13,15-17,19,21-81H2,1-2H3,(H,86,89)/b14-12-,20-18-. The first-order chi connectivity index (χ1) is 45.0. The minimum Gasteiger partial charge on any atom is -0.466 e. The number of rotatable bonds is 80. The molecule has 0 aliphatic carbocycles. The first-order valence-electron chi connectivity index (χ1n) is 42.1. The van der Waals surface area contributed by atoms with Gasteiger partial charge in [-0.05, 0) is 57.8 Å². The second-order valence-corrected chi connectivity index (χ2v) is 29.2. The van der Waals surface area contributed by atoms with Gasteiger partial charge in [-0.3, -0.25) is 9.59 Å². The predicted octanol–water partition coefficient (Wildman–Crippen LogP) is 28.0. The van der Waals surface area contributed by atoms with Crippen LogP contribution in [0.4, 0.5) is 0 Å². The molecule has 2 unspecified atom stereocenters. The Hall–Kier alpha value is -1.66. The minimum atomic E-state index is -0.662. The Morgan fingerprint density at radius 3 is 0.857 bits per heavy atom. The molecule has 540 valence electrons. The normalized spacial score (nSPS) is 12.5. The summed E-state index contributed by atoms with van der Waals surface area (Å²) in [6, 6.07) is -0.538. The summed E-state index contributed by atoms with van der Waals surface area (Å²) in [6.45, 7) is 4.98. The number of allylic oxidation sites excluding steroid dienone is 4. The summed E-state index contributed by atoms with van der Waals surface area (Å²) in [7, 11) is 0. The van der Waals surface area contributed by atoms with Crippen molar-refractivity contribution >= 4 is 11.9 Å². The molecule has 0 rings (SSSR count). The number of amides is 1. The quantitative estimate of drug-likeness (QED) is 0.0320. The van der Waals surface area contributed by atoms with Crippen LogP contribution in [0.1, 0.15) is 483 Å². The zero-order valence-electron chi connectivity index (χ0n) is 62.1. The van der Waals surface area contributed by atoms with Gasteiger partial charge in [0.15, 0.2) is 0 Å². The molecule has 6 nitrogen and oxygen atoms in total. The molecular weight excluding hydrogens is 1110 g/mol. The van der Waals surface area contributed by atoms with Crippen LogP contribution in [0.5, 0.6) is 0 Å². The summed E-state index contributed by atoms with van der Waals surface area (Å²) in [6.07, 6.45) is 104. The average Bonchev–Trinajstić information content (AvgIpc) is 3.59. The van der Waals surface area contributed by atoms with Crippen molar-refractivity contribution in [2.24, 2.45) is 0 Å². The third-order valence-electron chi connectivity index (χ3n) is 20.0.